The number of benzene rings is 2. The minimum atomic E-state index is -1.35. The third kappa shape index (κ3) is 4.85. The van der Waals surface area contributed by atoms with Crippen LogP contribution in [-0.2, 0) is 19.1 Å². The molecule has 2 aromatic rings. The second-order valence-electron chi connectivity index (χ2n) is 9.01. The van der Waals surface area contributed by atoms with Crippen LogP contribution in [0.4, 0.5) is 4.79 Å². The summed E-state index contributed by atoms with van der Waals surface area (Å²) in [4.78, 5) is 35.9. The standard InChI is InChI=1S/C25H28N2O6/c1-25(2,23(29)30)27-22(28)15-11-16(32-13-15)12-26-24(31)33-14-21-19-9-5-3-7-17(19)18-8-4-6-10-20(18)21/h3-10,15-16,21H,11-14H2,1-2H3,(H,26,31)(H,27,28)(H,29,30)/t15-,16-/m0/s1. The summed E-state index contributed by atoms with van der Waals surface area (Å²) in [5, 5.41) is 14.4. The highest BCUT2D eigenvalue weighted by atomic mass is 16.5. The normalized spacial score (nSPS) is 19.5. The van der Waals surface area contributed by atoms with E-state index < -0.39 is 23.5 Å². The molecule has 1 aliphatic carbocycles. The van der Waals surface area contributed by atoms with Gasteiger partial charge in [-0.05, 0) is 42.5 Å². The Kier molecular flexibility index (Phi) is 6.37. The fourth-order valence-electron chi connectivity index (χ4n) is 4.34. The van der Waals surface area contributed by atoms with Gasteiger partial charge in [-0.3, -0.25) is 4.79 Å². The second kappa shape index (κ2) is 9.23. The molecule has 33 heavy (non-hydrogen) atoms. The zero-order valence-corrected chi connectivity index (χ0v) is 18.7. The summed E-state index contributed by atoms with van der Waals surface area (Å²) in [6.45, 7) is 3.47. The fourth-order valence-corrected chi connectivity index (χ4v) is 4.34. The predicted octanol–water partition coefficient (Wildman–Crippen LogP) is 2.91. The first-order valence-corrected chi connectivity index (χ1v) is 11.0. The molecular formula is C25H28N2O6. The van der Waals surface area contributed by atoms with E-state index in [1.807, 2.05) is 24.3 Å². The van der Waals surface area contributed by atoms with E-state index in [9.17, 15) is 14.4 Å². The molecule has 2 aliphatic rings. The van der Waals surface area contributed by atoms with Crippen molar-refractivity contribution in [3.8, 4) is 11.1 Å². The van der Waals surface area contributed by atoms with Gasteiger partial charge in [-0.2, -0.15) is 0 Å². The van der Waals surface area contributed by atoms with Gasteiger partial charge in [-0.15, -0.1) is 0 Å². The van der Waals surface area contributed by atoms with E-state index in [-0.39, 0.29) is 37.7 Å². The smallest absolute Gasteiger partial charge is 0.407 e. The Morgan fingerprint density at radius 2 is 1.67 bits per heavy atom. The lowest BCUT2D eigenvalue weighted by molar-refractivity contribution is -0.146. The predicted molar refractivity (Wildman–Crippen MR) is 121 cm³/mol. The summed E-state index contributed by atoms with van der Waals surface area (Å²) < 4.78 is 11.1. The Morgan fingerprint density at radius 1 is 1.06 bits per heavy atom. The van der Waals surface area contributed by atoms with E-state index in [0.29, 0.717) is 6.42 Å². The Morgan fingerprint density at radius 3 is 2.27 bits per heavy atom. The van der Waals surface area contributed by atoms with Gasteiger partial charge in [0.2, 0.25) is 5.91 Å². The summed E-state index contributed by atoms with van der Waals surface area (Å²) in [6, 6.07) is 16.3. The number of hydrogen-bond donors (Lipinski definition) is 3. The molecule has 0 saturated carbocycles. The molecular weight excluding hydrogens is 424 g/mol. The van der Waals surface area contributed by atoms with Gasteiger partial charge in [-0.25, -0.2) is 9.59 Å². The number of carbonyl (C=O) groups excluding carboxylic acids is 2. The SMILES string of the molecule is CC(C)(NC(=O)[C@@H]1CO[C@H](CNC(=O)OCC2c3ccccc3-c3ccccc32)C1)C(=O)O. The van der Waals surface area contributed by atoms with Crippen LogP contribution in [-0.4, -0.2) is 54.5 Å². The summed E-state index contributed by atoms with van der Waals surface area (Å²) >= 11 is 0. The number of ether oxygens (including phenoxy) is 2. The summed E-state index contributed by atoms with van der Waals surface area (Å²) in [7, 11) is 0. The molecule has 0 bridgehead atoms. The van der Waals surface area contributed by atoms with Gasteiger partial charge in [0.25, 0.3) is 0 Å². The Labute approximate surface area is 192 Å². The Balaban J connectivity index is 1.26. The van der Waals surface area contributed by atoms with Crippen LogP contribution in [0.1, 0.15) is 37.3 Å². The Bertz CT molecular complexity index is 1020. The molecule has 3 N–H and O–H groups in total. The summed E-state index contributed by atoms with van der Waals surface area (Å²) in [6.07, 6.45) is -0.486. The van der Waals surface area contributed by atoms with Crippen LogP contribution in [0.25, 0.3) is 11.1 Å². The molecule has 4 rings (SSSR count). The number of fused-ring (bicyclic) bond motifs is 3. The number of carboxylic acid groups (broad SMARTS) is 1. The van der Waals surface area contributed by atoms with Gasteiger partial charge in [0, 0.05) is 12.5 Å². The summed E-state index contributed by atoms with van der Waals surface area (Å²) in [5.74, 6) is -1.95. The number of hydrogen-bond acceptors (Lipinski definition) is 5. The van der Waals surface area contributed by atoms with E-state index in [1.54, 1.807) is 0 Å². The lowest BCUT2D eigenvalue weighted by Crippen LogP contribution is -2.51. The third-order valence-electron chi connectivity index (χ3n) is 6.24. The van der Waals surface area contributed by atoms with E-state index in [2.05, 4.69) is 34.9 Å². The molecule has 8 nitrogen and oxygen atoms in total. The first kappa shape index (κ1) is 22.8. The maximum absolute atomic E-state index is 12.3. The highest BCUT2D eigenvalue weighted by Gasteiger charge is 2.36. The molecule has 2 aromatic carbocycles. The van der Waals surface area contributed by atoms with Crippen LogP contribution >= 0.6 is 0 Å². The molecule has 0 radical (unpaired) electrons. The quantitative estimate of drug-likeness (QED) is 0.595. The van der Waals surface area contributed by atoms with Crippen molar-refractivity contribution in [1.29, 1.82) is 0 Å². The largest absolute Gasteiger partial charge is 0.480 e. The lowest BCUT2D eigenvalue weighted by Gasteiger charge is -2.22. The molecule has 0 spiro atoms. The highest BCUT2D eigenvalue weighted by Crippen LogP contribution is 2.44. The maximum atomic E-state index is 12.3. The molecule has 1 fully saturated rings. The fraction of sp³-hybridized carbons (Fsp3) is 0.400. The average molecular weight is 453 g/mol. The molecule has 1 saturated heterocycles. The zero-order valence-electron chi connectivity index (χ0n) is 18.7. The van der Waals surface area contributed by atoms with Crippen LogP contribution in [0.2, 0.25) is 0 Å². The lowest BCUT2D eigenvalue weighted by atomic mass is 9.98. The van der Waals surface area contributed by atoms with Crippen LogP contribution in [0.3, 0.4) is 0 Å². The van der Waals surface area contributed by atoms with Gasteiger partial charge in [0.1, 0.15) is 12.1 Å². The van der Waals surface area contributed by atoms with Crippen molar-refractivity contribution in [3.63, 3.8) is 0 Å². The number of carboxylic acids is 1. The van der Waals surface area contributed by atoms with Crippen LogP contribution in [0.15, 0.2) is 48.5 Å². The van der Waals surface area contributed by atoms with Gasteiger partial charge in [-0.1, -0.05) is 48.5 Å². The molecule has 8 heteroatoms. The van der Waals surface area contributed by atoms with E-state index in [4.69, 9.17) is 14.6 Å². The highest BCUT2D eigenvalue weighted by molar-refractivity contribution is 5.87. The van der Waals surface area contributed by atoms with Crippen LogP contribution in [0.5, 0.6) is 0 Å². The first-order chi connectivity index (χ1) is 15.8. The van der Waals surface area contributed by atoms with Gasteiger partial charge >= 0.3 is 12.1 Å². The molecule has 174 valence electrons. The van der Waals surface area contributed by atoms with Crippen molar-refractivity contribution in [3.05, 3.63) is 59.7 Å². The maximum Gasteiger partial charge on any atom is 0.407 e. The zero-order chi connectivity index (χ0) is 23.6. The van der Waals surface area contributed by atoms with Crippen molar-refractivity contribution in [2.75, 3.05) is 19.8 Å². The average Bonchev–Trinajstić information content (AvgIpc) is 3.39. The Hall–Kier alpha value is -3.39. The van der Waals surface area contributed by atoms with Crippen molar-refractivity contribution in [2.45, 2.75) is 37.8 Å². The molecule has 0 aromatic heterocycles. The van der Waals surface area contributed by atoms with Crippen LogP contribution in [0, 0.1) is 5.92 Å². The minimum Gasteiger partial charge on any atom is -0.480 e. The van der Waals surface area contributed by atoms with Crippen LogP contribution < -0.4 is 10.6 Å². The number of aliphatic carboxylic acids is 1. The second-order valence-corrected chi connectivity index (χ2v) is 9.01. The van der Waals surface area contributed by atoms with Crippen molar-refractivity contribution in [2.24, 2.45) is 5.92 Å². The van der Waals surface area contributed by atoms with Crippen molar-refractivity contribution >= 4 is 18.0 Å². The first-order valence-electron chi connectivity index (χ1n) is 11.0. The molecule has 2 atom stereocenters. The number of amides is 2. The molecule has 1 aliphatic heterocycles. The van der Waals surface area contributed by atoms with Crippen molar-refractivity contribution < 1.29 is 29.0 Å². The molecule has 2 amide bonds. The molecule has 1 heterocycles. The minimum absolute atomic E-state index is 0.0171. The number of rotatable bonds is 7. The monoisotopic (exact) mass is 452 g/mol. The summed E-state index contributed by atoms with van der Waals surface area (Å²) in [5.41, 5.74) is 3.26. The number of nitrogens with one attached hydrogen (secondary N) is 2. The topological polar surface area (TPSA) is 114 Å². The van der Waals surface area contributed by atoms with E-state index in [0.717, 1.165) is 22.3 Å². The van der Waals surface area contributed by atoms with E-state index in [1.165, 1.54) is 13.8 Å². The van der Waals surface area contributed by atoms with Gasteiger partial charge in [0.15, 0.2) is 0 Å². The van der Waals surface area contributed by atoms with Crippen molar-refractivity contribution in [1.82, 2.24) is 10.6 Å². The molecule has 0 unspecified atom stereocenters. The van der Waals surface area contributed by atoms with Gasteiger partial charge < -0.3 is 25.2 Å². The third-order valence-corrected chi connectivity index (χ3v) is 6.24. The number of carbonyl (C=O) groups is 3. The number of alkyl carbamates (subject to hydrolysis) is 1. The van der Waals surface area contributed by atoms with Gasteiger partial charge in [0.05, 0.1) is 18.6 Å². The van der Waals surface area contributed by atoms with E-state index >= 15 is 0 Å².